The third-order valence-electron chi connectivity index (χ3n) is 3.84. The van der Waals surface area contributed by atoms with Crippen LogP contribution in [0.25, 0.3) is 0 Å². The predicted octanol–water partition coefficient (Wildman–Crippen LogP) is 3.20. The van der Waals surface area contributed by atoms with Gasteiger partial charge in [-0.15, -0.1) is 0 Å². The maximum absolute atomic E-state index is 12.9. The van der Waals surface area contributed by atoms with Crippen LogP contribution in [0.3, 0.4) is 0 Å². The molecule has 0 unspecified atom stereocenters. The molecule has 7 heteroatoms. The fourth-order valence-corrected chi connectivity index (χ4v) is 2.42. The lowest BCUT2D eigenvalue weighted by atomic mass is 9.80. The number of urea groups is 1. The van der Waals surface area contributed by atoms with E-state index in [0.717, 1.165) is 6.07 Å². The Hall–Kier alpha value is -1.82. The van der Waals surface area contributed by atoms with Gasteiger partial charge in [0.1, 0.15) is 5.82 Å². The summed E-state index contributed by atoms with van der Waals surface area (Å²) in [6.45, 7) is 2.39. The van der Waals surface area contributed by atoms with Crippen LogP contribution in [-0.2, 0) is 4.79 Å². The Morgan fingerprint density at radius 1 is 1.38 bits per heavy atom. The van der Waals surface area contributed by atoms with Crippen molar-refractivity contribution < 1.29 is 19.1 Å². The molecule has 0 saturated carbocycles. The van der Waals surface area contributed by atoms with Gasteiger partial charge in [0, 0.05) is 13.1 Å². The van der Waals surface area contributed by atoms with E-state index in [2.05, 4.69) is 5.32 Å². The normalized spacial score (nSPS) is 17.4. The summed E-state index contributed by atoms with van der Waals surface area (Å²) in [5, 5.41) is 11.9. The first-order valence-electron chi connectivity index (χ1n) is 6.56. The number of halogens is 2. The van der Waals surface area contributed by atoms with Gasteiger partial charge in [-0.05, 0) is 38.0 Å². The molecule has 1 aromatic rings. The van der Waals surface area contributed by atoms with E-state index in [-0.39, 0.29) is 11.1 Å². The van der Waals surface area contributed by atoms with E-state index in [1.165, 1.54) is 17.0 Å². The van der Waals surface area contributed by atoms with Gasteiger partial charge in [0.05, 0.1) is 16.1 Å². The highest BCUT2D eigenvalue weighted by molar-refractivity contribution is 6.33. The Labute approximate surface area is 126 Å². The number of rotatable bonds is 2. The summed E-state index contributed by atoms with van der Waals surface area (Å²) in [6.07, 6.45) is 0.791. The minimum atomic E-state index is -0.843. The Morgan fingerprint density at radius 3 is 2.52 bits per heavy atom. The van der Waals surface area contributed by atoms with Gasteiger partial charge in [-0.1, -0.05) is 11.6 Å². The monoisotopic (exact) mass is 314 g/mol. The molecule has 1 fully saturated rings. The van der Waals surface area contributed by atoms with Crippen molar-refractivity contribution in [3.63, 3.8) is 0 Å². The summed E-state index contributed by atoms with van der Waals surface area (Å²) >= 11 is 5.85. The lowest BCUT2D eigenvalue weighted by molar-refractivity contribution is -0.150. The first-order chi connectivity index (χ1) is 9.82. The number of piperidine rings is 1. The fraction of sp³-hybridized carbons (Fsp3) is 0.429. The zero-order chi connectivity index (χ0) is 15.6. The van der Waals surface area contributed by atoms with Crippen molar-refractivity contribution in [2.45, 2.75) is 19.8 Å². The second-order valence-electron chi connectivity index (χ2n) is 5.41. The average Bonchev–Trinajstić information content (AvgIpc) is 2.42. The molecule has 5 nitrogen and oxygen atoms in total. The van der Waals surface area contributed by atoms with E-state index in [4.69, 9.17) is 16.7 Å². The summed E-state index contributed by atoms with van der Waals surface area (Å²) in [5.41, 5.74) is -0.459. The molecule has 2 rings (SSSR count). The quantitative estimate of drug-likeness (QED) is 0.880. The van der Waals surface area contributed by atoms with Crippen molar-refractivity contribution in [2.24, 2.45) is 5.41 Å². The first-order valence-corrected chi connectivity index (χ1v) is 6.94. The van der Waals surface area contributed by atoms with Gasteiger partial charge in [0.25, 0.3) is 0 Å². The lowest BCUT2D eigenvalue weighted by Gasteiger charge is -2.36. The van der Waals surface area contributed by atoms with Crippen LogP contribution in [0, 0.1) is 11.2 Å². The third-order valence-corrected chi connectivity index (χ3v) is 4.16. The predicted molar refractivity (Wildman–Crippen MR) is 77.0 cm³/mol. The summed E-state index contributed by atoms with van der Waals surface area (Å²) in [6, 6.07) is 3.35. The van der Waals surface area contributed by atoms with Gasteiger partial charge < -0.3 is 15.3 Å². The molecule has 0 aromatic heterocycles. The van der Waals surface area contributed by atoms with Gasteiger partial charge in [-0.25, -0.2) is 9.18 Å². The Morgan fingerprint density at radius 2 is 2.00 bits per heavy atom. The molecule has 0 bridgehead atoms. The van der Waals surface area contributed by atoms with Gasteiger partial charge in [-0.3, -0.25) is 4.79 Å². The number of hydrogen-bond donors (Lipinski definition) is 2. The van der Waals surface area contributed by atoms with Crippen molar-refractivity contribution in [1.29, 1.82) is 0 Å². The van der Waals surface area contributed by atoms with Crippen LogP contribution in [-0.4, -0.2) is 35.1 Å². The zero-order valence-corrected chi connectivity index (χ0v) is 12.3. The summed E-state index contributed by atoms with van der Waals surface area (Å²) < 4.78 is 12.9. The molecule has 0 aliphatic carbocycles. The van der Waals surface area contributed by atoms with Crippen LogP contribution in [0.1, 0.15) is 19.8 Å². The molecule has 0 radical (unpaired) electrons. The number of hydrogen-bond acceptors (Lipinski definition) is 2. The largest absolute Gasteiger partial charge is 0.481 e. The summed E-state index contributed by atoms with van der Waals surface area (Å²) in [4.78, 5) is 24.8. The van der Waals surface area contributed by atoms with Crippen LogP contribution in [0.15, 0.2) is 18.2 Å². The molecular formula is C14H16ClFN2O3. The van der Waals surface area contributed by atoms with Gasteiger partial charge >= 0.3 is 12.0 Å². The lowest BCUT2D eigenvalue weighted by Crippen LogP contribution is -2.46. The van der Waals surface area contributed by atoms with Crippen molar-refractivity contribution in [1.82, 2.24) is 4.90 Å². The smallest absolute Gasteiger partial charge is 0.321 e. The zero-order valence-electron chi connectivity index (χ0n) is 11.5. The Bertz CT molecular complexity index is 571. The first kappa shape index (κ1) is 15.6. The van der Waals surface area contributed by atoms with E-state index in [1.54, 1.807) is 6.92 Å². The standard InChI is InChI=1S/C14H16ClFN2O3/c1-14(12(19)20)4-6-18(7-5-14)13(21)17-11-3-2-9(16)8-10(11)15/h2-3,8H,4-7H2,1H3,(H,17,21)(H,19,20). The van der Waals surface area contributed by atoms with Gasteiger partial charge in [0.15, 0.2) is 0 Å². The second-order valence-corrected chi connectivity index (χ2v) is 5.81. The maximum atomic E-state index is 12.9. The number of amides is 2. The number of aliphatic carboxylic acids is 1. The number of benzene rings is 1. The molecule has 2 amide bonds. The molecule has 114 valence electrons. The van der Waals surface area contributed by atoms with Crippen molar-refractivity contribution in [2.75, 3.05) is 18.4 Å². The van der Waals surface area contributed by atoms with Gasteiger partial charge in [0.2, 0.25) is 0 Å². The van der Waals surface area contributed by atoms with E-state index < -0.39 is 17.2 Å². The van der Waals surface area contributed by atoms with E-state index in [0.29, 0.717) is 31.6 Å². The van der Waals surface area contributed by atoms with Crippen molar-refractivity contribution >= 4 is 29.3 Å². The Kier molecular flexibility index (Phi) is 4.37. The van der Waals surface area contributed by atoms with Gasteiger partial charge in [-0.2, -0.15) is 0 Å². The minimum Gasteiger partial charge on any atom is -0.481 e. The topological polar surface area (TPSA) is 69.6 Å². The molecule has 0 atom stereocenters. The highest BCUT2D eigenvalue weighted by Crippen LogP contribution is 2.31. The highest BCUT2D eigenvalue weighted by atomic mass is 35.5. The molecule has 1 heterocycles. The molecule has 21 heavy (non-hydrogen) atoms. The molecule has 1 aliphatic rings. The number of carboxylic acid groups (broad SMARTS) is 1. The number of carbonyl (C=O) groups is 2. The number of likely N-dealkylation sites (tertiary alicyclic amines) is 1. The average molecular weight is 315 g/mol. The fourth-order valence-electron chi connectivity index (χ4n) is 2.20. The number of carbonyl (C=O) groups excluding carboxylic acids is 1. The number of anilines is 1. The maximum Gasteiger partial charge on any atom is 0.321 e. The molecule has 0 spiro atoms. The third kappa shape index (κ3) is 3.44. The van der Waals surface area contributed by atoms with E-state index in [9.17, 15) is 14.0 Å². The SMILES string of the molecule is CC1(C(=O)O)CCN(C(=O)Nc2ccc(F)cc2Cl)CC1. The molecular weight excluding hydrogens is 299 g/mol. The van der Waals surface area contributed by atoms with Crippen molar-refractivity contribution in [3.05, 3.63) is 29.0 Å². The summed E-state index contributed by atoms with van der Waals surface area (Å²) in [7, 11) is 0. The minimum absolute atomic E-state index is 0.121. The van der Waals surface area contributed by atoms with Crippen LogP contribution in [0.2, 0.25) is 5.02 Å². The second kappa shape index (κ2) is 5.89. The molecule has 1 saturated heterocycles. The number of nitrogens with zero attached hydrogens (tertiary/aromatic N) is 1. The van der Waals surface area contributed by atoms with Crippen LogP contribution >= 0.6 is 11.6 Å². The molecule has 2 N–H and O–H groups in total. The highest BCUT2D eigenvalue weighted by Gasteiger charge is 2.38. The molecule has 1 aliphatic heterocycles. The number of nitrogens with one attached hydrogen (secondary N) is 1. The molecule has 1 aromatic carbocycles. The van der Waals surface area contributed by atoms with Crippen LogP contribution < -0.4 is 5.32 Å². The van der Waals surface area contributed by atoms with Crippen molar-refractivity contribution in [3.8, 4) is 0 Å². The number of carboxylic acids is 1. The van der Waals surface area contributed by atoms with Crippen LogP contribution in [0.5, 0.6) is 0 Å². The summed E-state index contributed by atoms with van der Waals surface area (Å²) in [5.74, 6) is -1.32. The van der Waals surface area contributed by atoms with E-state index >= 15 is 0 Å². The van der Waals surface area contributed by atoms with Crippen LogP contribution in [0.4, 0.5) is 14.9 Å². The van der Waals surface area contributed by atoms with E-state index in [1.807, 2.05) is 0 Å². The Balaban J connectivity index is 1.98.